The summed E-state index contributed by atoms with van der Waals surface area (Å²) in [5.74, 6) is 0.0160. The molecule has 3 heterocycles. The van der Waals surface area contributed by atoms with Gasteiger partial charge in [0.05, 0.1) is 5.69 Å². The molecular weight excluding hydrogens is 248 g/mol. The molecule has 1 aliphatic rings. The Morgan fingerprint density at radius 2 is 2.28 bits per heavy atom. The number of nitrogens with two attached hydrogens (primary N) is 1. The van der Waals surface area contributed by atoms with Crippen molar-refractivity contribution in [1.82, 2.24) is 14.9 Å². The molecule has 0 saturated carbocycles. The van der Waals surface area contributed by atoms with E-state index in [0.29, 0.717) is 22.1 Å². The lowest BCUT2D eigenvalue weighted by atomic mass is 10.2. The number of carbonyl (C=O) groups is 1. The zero-order chi connectivity index (χ0) is 12.7. The second-order valence-electron chi connectivity index (χ2n) is 4.54. The summed E-state index contributed by atoms with van der Waals surface area (Å²) < 4.78 is 0. The van der Waals surface area contributed by atoms with Crippen LogP contribution in [-0.2, 0) is 0 Å². The SMILES string of the molecule is CC1CCCN1C(=O)c1sc2nccnc2c1N. The fourth-order valence-corrected chi connectivity index (χ4v) is 3.35. The van der Waals surface area contributed by atoms with Gasteiger partial charge < -0.3 is 10.6 Å². The first kappa shape index (κ1) is 11.4. The second kappa shape index (κ2) is 4.20. The van der Waals surface area contributed by atoms with Crippen molar-refractivity contribution in [2.45, 2.75) is 25.8 Å². The number of rotatable bonds is 1. The summed E-state index contributed by atoms with van der Waals surface area (Å²) >= 11 is 1.33. The summed E-state index contributed by atoms with van der Waals surface area (Å²) in [5.41, 5.74) is 7.12. The number of likely N-dealkylation sites (tertiary alicyclic amines) is 1. The van der Waals surface area contributed by atoms with Crippen LogP contribution in [0.4, 0.5) is 5.69 Å². The van der Waals surface area contributed by atoms with Crippen molar-refractivity contribution in [1.29, 1.82) is 0 Å². The minimum Gasteiger partial charge on any atom is -0.396 e. The highest BCUT2D eigenvalue weighted by Gasteiger charge is 2.29. The molecule has 5 nitrogen and oxygen atoms in total. The van der Waals surface area contributed by atoms with E-state index in [0.717, 1.165) is 24.2 Å². The smallest absolute Gasteiger partial charge is 0.266 e. The fraction of sp³-hybridized carbons (Fsp3) is 0.417. The van der Waals surface area contributed by atoms with E-state index in [-0.39, 0.29) is 5.91 Å². The lowest BCUT2D eigenvalue weighted by molar-refractivity contribution is 0.0753. The van der Waals surface area contributed by atoms with Crippen LogP contribution in [-0.4, -0.2) is 33.4 Å². The number of anilines is 1. The van der Waals surface area contributed by atoms with Gasteiger partial charge in [0, 0.05) is 25.0 Å². The lowest BCUT2D eigenvalue weighted by Crippen LogP contribution is -2.33. The molecule has 0 aliphatic carbocycles. The number of hydrogen-bond donors (Lipinski definition) is 1. The molecule has 2 N–H and O–H groups in total. The van der Waals surface area contributed by atoms with Crippen LogP contribution in [0, 0.1) is 0 Å². The number of amides is 1. The van der Waals surface area contributed by atoms with Crippen LogP contribution in [0.25, 0.3) is 10.3 Å². The molecule has 1 aliphatic heterocycles. The van der Waals surface area contributed by atoms with Gasteiger partial charge in [-0.3, -0.25) is 4.79 Å². The van der Waals surface area contributed by atoms with Gasteiger partial charge >= 0.3 is 0 Å². The molecule has 0 aromatic carbocycles. The van der Waals surface area contributed by atoms with Gasteiger partial charge in [-0.05, 0) is 19.8 Å². The van der Waals surface area contributed by atoms with Crippen molar-refractivity contribution >= 4 is 33.3 Å². The minimum atomic E-state index is 0.0160. The number of carbonyl (C=O) groups excluding carboxylic acids is 1. The Bertz CT molecular complexity index is 609. The monoisotopic (exact) mass is 262 g/mol. The van der Waals surface area contributed by atoms with Crippen molar-refractivity contribution in [3.8, 4) is 0 Å². The van der Waals surface area contributed by atoms with Crippen molar-refractivity contribution in [2.24, 2.45) is 0 Å². The average Bonchev–Trinajstić information content (AvgIpc) is 2.94. The summed E-state index contributed by atoms with van der Waals surface area (Å²) in [5, 5.41) is 0. The summed E-state index contributed by atoms with van der Waals surface area (Å²) in [6.45, 7) is 2.89. The normalized spacial score (nSPS) is 19.6. The number of thiophene rings is 1. The van der Waals surface area contributed by atoms with E-state index < -0.39 is 0 Å². The first-order valence-corrected chi connectivity index (χ1v) is 6.80. The largest absolute Gasteiger partial charge is 0.396 e. The molecule has 1 fully saturated rings. The molecule has 0 bridgehead atoms. The Balaban J connectivity index is 2.04. The molecule has 94 valence electrons. The van der Waals surface area contributed by atoms with Gasteiger partial charge in [0.1, 0.15) is 15.2 Å². The van der Waals surface area contributed by atoms with Gasteiger partial charge in [-0.2, -0.15) is 0 Å². The van der Waals surface area contributed by atoms with Crippen molar-refractivity contribution in [3.63, 3.8) is 0 Å². The van der Waals surface area contributed by atoms with Crippen LogP contribution < -0.4 is 5.73 Å². The van der Waals surface area contributed by atoms with Gasteiger partial charge in [-0.15, -0.1) is 11.3 Å². The quantitative estimate of drug-likeness (QED) is 0.852. The van der Waals surface area contributed by atoms with Crippen LogP contribution in [0.5, 0.6) is 0 Å². The Morgan fingerprint density at radius 1 is 1.50 bits per heavy atom. The van der Waals surface area contributed by atoms with Gasteiger partial charge in [-0.25, -0.2) is 9.97 Å². The Kier molecular flexibility index (Phi) is 2.66. The molecule has 18 heavy (non-hydrogen) atoms. The molecule has 1 saturated heterocycles. The van der Waals surface area contributed by atoms with Crippen molar-refractivity contribution in [2.75, 3.05) is 12.3 Å². The van der Waals surface area contributed by atoms with Crippen LogP contribution in [0.15, 0.2) is 12.4 Å². The Morgan fingerprint density at radius 3 is 2.94 bits per heavy atom. The fourth-order valence-electron chi connectivity index (χ4n) is 2.37. The molecule has 1 atom stereocenters. The van der Waals surface area contributed by atoms with E-state index in [1.54, 1.807) is 12.4 Å². The first-order valence-electron chi connectivity index (χ1n) is 5.98. The van der Waals surface area contributed by atoms with Gasteiger partial charge in [-0.1, -0.05) is 0 Å². The van der Waals surface area contributed by atoms with Crippen molar-refractivity contribution < 1.29 is 4.79 Å². The van der Waals surface area contributed by atoms with Crippen LogP contribution >= 0.6 is 11.3 Å². The molecule has 1 amide bonds. The molecule has 6 heteroatoms. The minimum absolute atomic E-state index is 0.0160. The maximum absolute atomic E-state index is 12.4. The third kappa shape index (κ3) is 1.64. The molecular formula is C12H14N4OS. The van der Waals surface area contributed by atoms with Gasteiger partial charge in [0.2, 0.25) is 0 Å². The van der Waals surface area contributed by atoms with E-state index in [2.05, 4.69) is 16.9 Å². The maximum Gasteiger partial charge on any atom is 0.266 e. The van der Waals surface area contributed by atoms with E-state index in [1.807, 2.05) is 4.90 Å². The predicted molar refractivity (Wildman–Crippen MR) is 71.6 cm³/mol. The lowest BCUT2D eigenvalue weighted by Gasteiger charge is -2.20. The Labute approximate surface area is 109 Å². The van der Waals surface area contributed by atoms with Crippen LogP contribution in [0.2, 0.25) is 0 Å². The van der Waals surface area contributed by atoms with Crippen LogP contribution in [0.1, 0.15) is 29.4 Å². The number of aromatic nitrogens is 2. The van der Waals surface area contributed by atoms with Crippen molar-refractivity contribution in [3.05, 3.63) is 17.3 Å². The third-order valence-corrected chi connectivity index (χ3v) is 4.46. The summed E-state index contributed by atoms with van der Waals surface area (Å²) in [6.07, 6.45) is 5.34. The number of nitrogens with zero attached hydrogens (tertiary/aromatic N) is 3. The van der Waals surface area contributed by atoms with Crippen LogP contribution in [0.3, 0.4) is 0 Å². The highest BCUT2D eigenvalue weighted by Crippen LogP contribution is 2.33. The number of hydrogen-bond acceptors (Lipinski definition) is 5. The molecule has 2 aromatic heterocycles. The van der Waals surface area contributed by atoms with E-state index in [9.17, 15) is 4.79 Å². The topological polar surface area (TPSA) is 72.1 Å². The predicted octanol–water partition coefficient (Wildman–Crippen LogP) is 1.90. The molecule has 0 radical (unpaired) electrons. The first-order chi connectivity index (χ1) is 8.68. The molecule has 0 spiro atoms. The Hall–Kier alpha value is -1.69. The standard InChI is InChI=1S/C12H14N4OS/c1-7-3-2-6-16(7)12(17)10-8(13)9-11(18-10)15-5-4-14-9/h4-5,7H,2-3,6,13H2,1H3. The van der Waals surface area contributed by atoms with E-state index in [1.165, 1.54) is 11.3 Å². The zero-order valence-electron chi connectivity index (χ0n) is 10.1. The van der Waals surface area contributed by atoms with Gasteiger partial charge in [0.15, 0.2) is 0 Å². The molecule has 3 rings (SSSR count). The third-order valence-electron chi connectivity index (χ3n) is 3.37. The highest BCUT2D eigenvalue weighted by molar-refractivity contribution is 7.21. The molecule has 1 unspecified atom stereocenters. The van der Waals surface area contributed by atoms with E-state index in [4.69, 9.17) is 5.73 Å². The summed E-state index contributed by atoms with van der Waals surface area (Å²) in [6, 6.07) is 0.294. The average molecular weight is 262 g/mol. The summed E-state index contributed by atoms with van der Waals surface area (Å²) in [7, 11) is 0. The number of fused-ring (bicyclic) bond motifs is 1. The van der Waals surface area contributed by atoms with Gasteiger partial charge in [0.25, 0.3) is 5.91 Å². The second-order valence-corrected chi connectivity index (χ2v) is 5.54. The summed E-state index contributed by atoms with van der Waals surface area (Å²) in [4.78, 5) is 24.0. The van der Waals surface area contributed by atoms with E-state index >= 15 is 0 Å². The highest BCUT2D eigenvalue weighted by atomic mass is 32.1. The molecule has 2 aromatic rings. The zero-order valence-corrected chi connectivity index (χ0v) is 10.9. The maximum atomic E-state index is 12.4. The number of nitrogen functional groups attached to an aromatic ring is 1.